The summed E-state index contributed by atoms with van der Waals surface area (Å²) < 4.78 is 5.20. The number of hydrogen-bond donors (Lipinski definition) is 1. The second-order valence-electron chi connectivity index (χ2n) is 7.40. The van der Waals surface area contributed by atoms with E-state index in [-0.39, 0.29) is 12.1 Å². The third-order valence-corrected chi connectivity index (χ3v) is 4.17. The van der Waals surface area contributed by atoms with Gasteiger partial charge in [0, 0.05) is 11.8 Å². The summed E-state index contributed by atoms with van der Waals surface area (Å²) in [4.78, 5) is 21.5. The van der Waals surface area contributed by atoms with Gasteiger partial charge in [0.1, 0.15) is 5.60 Å². The van der Waals surface area contributed by atoms with Crippen LogP contribution >= 0.6 is 11.8 Å². The molecule has 0 heterocycles. The monoisotopic (exact) mass is 389 g/mol. The molecule has 4 nitrogen and oxygen atoms in total. The number of carbonyl (C=O) groups is 2. The zero-order chi connectivity index (χ0) is 20.1. The van der Waals surface area contributed by atoms with Crippen molar-refractivity contribution >= 4 is 23.5 Å². The highest BCUT2D eigenvalue weighted by molar-refractivity contribution is 8.12. The SMILES string of the molecule is CC(Cc1ccccc1)NC(=O)OC(C)(C)C.O=CSCC1=CCCC=C1. The molecule has 0 saturated heterocycles. The van der Waals surface area contributed by atoms with E-state index in [1.165, 1.54) is 22.9 Å². The van der Waals surface area contributed by atoms with Gasteiger partial charge in [0.15, 0.2) is 5.62 Å². The highest BCUT2D eigenvalue weighted by atomic mass is 32.2. The molecular weight excluding hydrogens is 358 g/mol. The summed E-state index contributed by atoms with van der Waals surface area (Å²) in [6.45, 7) is 7.54. The Bertz CT molecular complexity index is 633. The number of ether oxygens (including phenoxy) is 1. The second-order valence-corrected chi connectivity index (χ2v) is 8.22. The molecule has 0 aromatic heterocycles. The molecule has 1 aromatic carbocycles. The molecule has 1 amide bonds. The molecule has 0 saturated carbocycles. The average Bonchev–Trinajstić information content (AvgIpc) is 2.60. The van der Waals surface area contributed by atoms with Gasteiger partial charge in [-0.1, -0.05) is 60.3 Å². The lowest BCUT2D eigenvalue weighted by Gasteiger charge is -2.22. The van der Waals surface area contributed by atoms with E-state index in [9.17, 15) is 9.59 Å². The largest absolute Gasteiger partial charge is 0.444 e. The number of carbonyl (C=O) groups excluding carboxylic acids is 2. The van der Waals surface area contributed by atoms with E-state index in [0.717, 1.165) is 30.6 Å². The van der Waals surface area contributed by atoms with Gasteiger partial charge in [0.25, 0.3) is 0 Å². The van der Waals surface area contributed by atoms with Crippen LogP contribution in [0.15, 0.2) is 54.1 Å². The Morgan fingerprint density at radius 3 is 2.52 bits per heavy atom. The maximum Gasteiger partial charge on any atom is 0.407 e. The number of hydrogen-bond acceptors (Lipinski definition) is 4. The van der Waals surface area contributed by atoms with Crippen LogP contribution in [0.5, 0.6) is 0 Å². The highest BCUT2D eigenvalue weighted by Crippen LogP contribution is 2.13. The Balaban J connectivity index is 0.000000309. The average molecular weight is 390 g/mol. The minimum Gasteiger partial charge on any atom is -0.444 e. The second kappa shape index (κ2) is 12.4. The Hall–Kier alpha value is -2.01. The molecule has 0 radical (unpaired) electrons. The fourth-order valence-corrected chi connectivity index (χ4v) is 2.91. The van der Waals surface area contributed by atoms with E-state index >= 15 is 0 Å². The van der Waals surface area contributed by atoms with E-state index in [2.05, 4.69) is 23.5 Å². The zero-order valence-corrected chi connectivity index (χ0v) is 17.6. The predicted molar refractivity (Wildman–Crippen MR) is 115 cm³/mol. The Kier molecular flexibility index (Phi) is 10.6. The van der Waals surface area contributed by atoms with Gasteiger partial charge in [0.2, 0.25) is 0 Å². The summed E-state index contributed by atoms with van der Waals surface area (Å²) in [6, 6.07) is 10.1. The molecule has 1 N–H and O–H groups in total. The third-order valence-electron chi connectivity index (χ3n) is 3.54. The lowest BCUT2D eigenvalue weighted by atomic mass is 10.1. The molecule has 2 rings (SSSR count). The van der Waals surface area contributed by atoms with Crippen LogP contribution in [0.25, 0.3) is 0 Å². The number of amides is 1. The van der Waals surface area contributed by atoms with Crippen molar-refractivity contribution < 1.29 is 14.3 Å². The van der Waals surface area contributed by atoms with E-state index in [0.29, 0.717) is 0 Å². The van der Waals surface area contributed by atoms with Gasteiger partial charge in [0.05, 0.1) is 0 Å². The Morgan fingerprint density at radius 2 is 1.96 bits per heavy atom. The minimum absolute atomic E-state index is 0.0623. The van der Waals surface area contributed by atoms with Crippen molar-refractivity contribution in [3.8, 4) is 0 Å². The minimum atomic E-state index is -0.448. The molecule has 0 aliphatic heterocycles. The summed E-state index contributed by atoms with van der Waals surface area (Å²) in [5.41, 5.74) is 2.93. The lowest BCUT2D eigenvalue weighted by molar-refractivity contribution is 0.0508. The summed E-state index contributed by atoms with van der Waals surface area (Å²) in [6.07, 6.45) is 9.17. The molecule has 1 unspecified atom stereocenters. The predicted octanol–water partition coefficient (Wildman–Crippen LogP) is 5.33. The molecular formula is C22H31NO3S. The number of benzene rings is 1. The maximum absolute atomic E-state index is 11.5. The van der Waals surface area contributed by atoms with E-state index in [1.54, 1.807) is 0 Å². The van der Waals surface area contributed by atoms with Crippen molar-refractivity contribution in [2.75, 3.05) is 5.75 Å². The molecule has 5 heteroatoms. The zero-order valence-electron chi connectivity index (χ0n) is 16.7. The number of nitrogens with one attached hydrogen (secondary N) is 1. The molecule has 0 spiro atoms. The fourth-order valence-electron chi connectivity index (χ4n) is 2.43. The molecule has 1 aliphatic carbocycles. The summed E-state index contributed by atoms with van der Waals surface area (Å²) in [7, 11) is 0. The van der Waals surface area contributed by atoms with Crippen LogP contribution < -0.4 is 5.32 Å². The van der Waals surface area contributed by atoms with Crippen molar-refractivity contribution in [3.63, 3.8) is 0 Å². The molecule has 1 aromatic rings. The van der Waals surface area contributed by atoms with Crippen molar-refractivity contribution in [1.82, 2.24) is 5.32 Å². The van der Waals surface area contributed by atoms with Crippen LogP contribution in [0.2, 0.25) is 0 Å². The maximum atomic E-state index is 11.5. The normalized spacial score (nSPS) is 14.3. The molecule has 1 atom stereocenters. The van der Waals surface area contributed by atoms with Gasteiger partial charge >= 0.3 is 6.09 Å². The van der Waals surface area contributed by atoms with Gasteiger partial charge in [-0.25, -0.2) is 4.79 Å². The topological polar surface area (TPSA) is 55.4 Å². The number of alkyl carbamates (subject to hydrolysis) is 1. The quantitative estimate of drug-likeness (QED) is 0.668. The Morgan fingerprint density at radius 1 is 1.26 bits per heavy atom. The first-order valence-corrected chi connectivity index (χ1v) is 10.3. The van der Waals surface area contributed by atoms with Crippen molar-refractivity contribution in [3.05, 3.63) is 59.7 Å². The van der Waals surface area contributed by atoms with Gasteiger partial charge in [-0.3, -0.25) is 4.79 Å². The lowest BCUT2D eigenvalue weighted by Crippen LogP contribution is -2.38. The van der Waals surface area contributed by atoms with Crippen molar-refractivity contribution in [2.24, 2.45) is 0 Å². The van der Waals surface area contributed by atoms with Crippen LogP contribution in [0.4, 0.5) is 4.79 Å². The van der Waals surface area contributed by atoms with Crippen LogP contribution in [-0.4, -0.2) is 29.1 Å². The number of thioether (sulfide) groups is 1. The summed E-state index contributed by atoms with van der Waals surface area (Å²) in [5, 5.41) is 2.82. The number of rotatable bonds is 6. The molecule has 0 fully saturated rings. The van der Waals surface area contributed by atoms with Gasteiger partial charge in [-0.05, 0) is 58.1 Å². The van der Waals surface area contributed by atoms with Crippen molar-refractivity contribution in [1.29, 1.82) is 0 Å². The standard InChI is InChI=1S/C14H21NO2.C8H10OS/c1-11(10-12-8-6-5-7-9-12)15-13(16)17-14(2,3)4;9-7-10-6-8-4-2-1-3-5-8/h5-9,11H,10H2,1-4H3,(H,15,16);2,4-5,7H,1,3,6H2. The molecule has 148 valence electrons. The van der Waals surface area contributed by atoms with Gasteiger partial charge in [-0.2, -0.15) is 0 Å². The molecule has 27 heavy (non-hydrogen) atoms. The van der Waals surface area contributed by atoms with Crippen LogP contribution in [-0.2, 0) is 16.0 Å². The highest BCUT2D eigenvalue weighted by Gasteiger charge is 2.17. The van der Waals surface area contributed by atoms with E-state index in [4.69, 9.17) is 4.74 Å². The molecule has 1 aliphatic rings. The van der Waals surface area contributed by atoms with Crippen LogP contribution in [0, 0.1) is 0 Å². The van der Waals surface area contributed by atoms with Crippen molar-refractivity contribution in [2.45, 2.75) is 58.6 Å². The van der Waals surface area contributed by atoms with Gasteiger partial charge in [-0.15, -0.1) is 0 Å². The smallest absolute Gasteiger partial charge is 0.407 e. The summed E-state index contributed by atoms with van der Waals surface area (Å²) >= 11 is 1.31. The van der Waals surface area contributed by atoms with E-state index < -0.39 is 5.60 Å². The van der Waals surface area contributed by atoms with Crippen LogP contribution in [0.3, 0.4) is 0 Å². The summed E-state index contributed by atoms with van der Waals surface area (Å²) in [5.74, 6) is 0.833. The third kappa shape index (κ3) is 12.1. The first-order chi connectivity index (χ1) is 12.8. The fraction of sp³-hybridized carbons (Fsp3) is 0.455. The van der Waals surface area contributed by atoms with E-state index in [1.807, 2.05) is 58.0 Å². The van der Waals surface area contributed by atoms with Gasteiger partial charge < -0.3 is 10.1 Å². The first-order valence-electron chi connectivity index (χ1n) is 9.24. The van der Waals surface area contributed by atoms with Crippen LogP contribution in [0.1, 0.15) is 46.1 Å². The first kappa shape index (κ1) is 23.0. The number of allylic oxidation sites excluding steroid dienone is 3. The molecule has 0 bridgehead atoms. The Labute approximate surface area is 167 Å².